The molecule has 0 aliphatic rings. The van der Waals surface area contributed by atoms with Gasteiger partial charge in [0.2, 0.25) is 10.3 Å². The molecule has 8 heteroatoms. The second-order valence-corrected chi connectivity index (χ2v) is 6.07. The van der Waals surface area contributed by atoms with Gasteiger partial charge in [0.25, 0.3) is 0 Å². The van der Waals surface area contributed by atoms with E-state index in [1.54, 1.807) is 35.9 Å². The van der Waals surface area contributed by atoms with Gasteiger partial charge in [0.15, 0.2) is 0 Å². The van der Waals surface area contributed by atoms with Gasteiger partial charge in [-0.1, -0.05) is 37.4 Å². The van der Waals surface area contributed by atoms with Crippen molar-refractivity contribution in [1.82, 2.24) is 30.4 Å². The third kappa shape index (κ3) is 4.38. The molecule has 0 aliphatic heterocycles. The summed E-state index contributed by atoms with van der Waals surface area (Å²) in [6.45, 7) is 4.24. The van der Waals surface area contributed by atoms with Crippen LogP contribution in [0.25, 0.3) is 11.4 Å². The number of aromatic nitrogens is 6. The summed E-state index contributed by atoms with van der Waals surface area (Å²) in [4.78, 5) is 8.90. The highest BCUT2D eigenvalue weighted by atomic mass is 32.2. The molecule has 0 fully saturated rings. The molecular formula is C12H16N6S2. The molecule has 0 N–H and O–H groups in total. The van der Waals surface area contributed by atoms with Gasteiger partial charge in [-0.3, -0.25) is 0 Å². The summed E-state index contributed by atoms with van der Waals surface area (Å²) >= 11 is 3.19. The molecular weight excluding hydrogens is 292 g/mol. The Kier molecular flexibility index (Phi) is 6.13. The first-order valence-corrected chi connectivity index (χ1v) is 8.46. The highest BCUT2D eigenvalue weighted by molar-refractivity contribution is 7.99. The fourth-order valence-corrected chi connectivity index (χ4v) is 2.64. The monoisotopic (exact) mass is 308 g/mol. The van der Waals surface area contributed by atoms with Crippen LogP contribution < -0.4 is 0 Å². The van der Waals surface area contributed by atoms with Gasteiger partial charge >= 0.3 is 0 Å². The molecule has 20 heavy (non-hydrogen) atoms. The minimum Gasteiger partial charge on any atom is -0.218 e. The van der Waals surface area contributed by atoms with Crippen LogP contribution in [-0.4, -0.2) is 41.9 Å². The lowest BCUT2D eigenvalue weighted by Gasteiger charge is -2.02. The average molecular weight is 308 g/mol. The van der Waals surface area contributed by atoms with Gasteiger partial charge in [0.05, 0.1) is 12.4 Å². The summed E-state index contributed by atoms with van der Waals surface area (Å²) in [7, 11) is 0. The van der Waals surface area contributed by atoms with Crippen molar-refractivity contribution in [2.45, 2.75) is 37.0 Å². The number of thioether (sulfide) groups is 2. The van der Waals surface area contributed by atoms with E-state index in [2.05, 4.69) is 44.2 Å². The van der Waals surface area contributed by atoms with Crippen molar-refractivity contribution >= 4 is 23.5 Å². The lowest BCUT2D eigenvalue weighted by atomic mass is 10.3. The van der Waals surface area contributed by atoms with E-state index >= 15 is 0 Å². The molecule has 6 nitrogen and oxygen atoms in total. The zero-order valence-corrected chi connectivity index (χ0v) is 13.1. The number of hydrogen-bond donors (Lipinski definition) is 0. The number of nitrogens with zero attached hydrogens (tertiary/aromatic N) is 6. The van der Waals surface area contributed by atoms with Gasteiger partial charge in [0, 0.05) is 11.5 Å². The lowest BCUT2D eigenvalue weighted by Crippen LogP contribution is -1.98. The van der Waals surface area contributed by atoms with Crippen LogP contribution in [0.15, 0.2) is 22.7 Å². The standard InChI is InChI=1S/C12H16N6S2/c1-3-5-19-11-15-9(7-13-17-11)10-8-14-18-12(16-10)20-6-4-2/h7-8H,3-6H2,1-2H3. The predicted molar refractivity (Wildman–Crippen MR) is 80.7 cm³/mol. The summed E-state index contributed by atoms with van der Waals surface area (Å²) in [5.41, 5.74) is 1.37. The summed E-state index contributed by atoms with van der Waals surface area (Å²) < 4.78 is 0. The summed E-state index contributed by atoms with van der Waals surface area (Å²) in [5.74, 6) is 1.95. The molecule has 106 valence electrons. The maximum atomic E-state index is 4.45. The van der Waals surface area contributed by atoms with Crippen LogP contribution in [0.1, 0.15) is 26.7 Å². The first-order valence-electron chi connectivity index (χ1n) is 6.49. The quantitative estimate of drug-likeness (QED) is 0.723. The largest absolute Gasteiger partial charge is 0.218 e. The molecule has 0 saturated carbocycles. The molecule has 2 heterocycles. The molecule has 0 atom stereocenters. The van der Waals surface area contributed by atoms with Crippen LogP contribution >= 0.6 is 23.5 Å². The Bertz CT molecular complexity index is 501. The van der Waals surface area contributed by atoms with Gasteiger partial charge in [-0.25, -0.2) is 9.97 Å². The van der Waals surface area contributed by atoms with Crippen molar-refractivity contribution in [3.05, 3.63) is 12.4 Å². The molecule has 2 aromatic heterocycles. The number of hydrogen-bond acceptors (Lipinski definition) is 8. The summed E-state index contributed by atoms with van der Waals surface area (Å²) in [6.07, 6.45) is 5.36. The minimum atomic E-state index is 0.672. The Labute approximate surface area is 126 Å². The highest BCUT2D eigenvalue weighted by Crippen LogP contribution is 2.19. The first-order chi connectivity index (χ1) is 9.83. The fourth-order valence-electron chi connectivity index (χ4n) is 1.33. The second-order valence-electron chi connectivity index (χ2n) is 3.95. The highest BCUT2D eigenvalue weighted by Gasteiger charge is 2.08. The maximum absolute atomic E-state index is 4.45. The van der Waals surface area contributed by atoms with Crippen molar-refractivity contribution in [2.75, 3.05) is 11.5 Å². The Morgan fingerprint density at radius 1 is 0.800 bits per heavy atom. The van der Waals surface area contributed by atoms with Crippen LogP contribution in [0.4, 0.5) is 0 Å². The Hall–Kier alpha value is -1.28. The number of rotatable bonds is 7. The fraction of sp³-hybridized carbons (Fsp3) is 0.500. The van der Waals surface area contributed by atoms with E-state index in [0.29, 0.717) is 21.7 Å². The predicted octanol–water partition coefficient (Wildman–Crippen LogP) is 2.73. The van der Waals surface area contributed by atoms with Gasteiger partial charge in [-0.05, 0) is 12.8 Å². The van der Waals surface area contributed by atoms with E-state index in [4.69, 9.17) is 0 Å². The molecule has 0 bridgehead atoms. The molecule has 0 aliphatic carbocycles. The molecule has 0 radical (unpaired) electrons. The third-order valence-corrected chi connectivity index (χ3v) is 4.30. The van der Waals surface area contributed by atoms with E-state index in [-0.39, 0.29) is 0 Å². The van der Waals surface area contributed by atoms with Crippen molar-refractivity contribution in [3.8, 4) is 11.4 Å². The van der Waals surface area contributed by atoms with E-state index in [0.717, 1.165) is 24.3 Å². The second kappa shape index (κ2) is 8.11. The molecule has 2 rings (SSSR count). The smallest absolute Gasteiger partial charge is 0.209 e. The summed E-state index contributed by atoms with van der Waals surface area (Å²) in [6, 6.07) is 0. The molecule has 0 unspecified atom stereocenters. The van der Waals surface area contributed by atoms with Crippen molar-refractivity contribution in [2.24, 2.45) is 0 Å². The van der Waals surface area contributed by atoms with Crippen LogP contribution in [0, 0.1) is 0 Å². The topological polar surface area (TPSA) is 77.3 Å². The van der Waals surface area contributed by atoms with E-state index in [9.17, 15) is 0 Å². The first kappa shape index (κ1) is 15.1. The van der Waals surface area contributed by atoms with Crippen molar-refractivity contribution < 1.29 is 0 Å². The Morgan fingerprint density at radius 2 is 1.25 bits per heavy atom. The van der Waals surface area contributed by atoms with E-state index < -0.39 is 0 Å². The van der Waals surface area contributed by atoms with Crippen molar-refractivity contribution in [1.29, 1.82) is 0 Å². The molecule has 0 saturated heterocycles. The lowest BCUT2D eigenvalue weighted by molar-refractivity contribution is 0.815. The van der Waals surface area contributed by atoms with Crippen LogP contribution in [0.5, 0.6) is 0 Å². The third-order valence-electron chi connectivity index (χ3n) is 2.21. The zero-order chi connectivity index (χ0) is 14.2. The van der Waals surface area contributed by atoms with Gasteiger partial charge < -0.3 is 0 Å². The van der Waals surface area contributed by atoms with Crippen LogP contribution in [-0.2, 0) is 0 Å². The molecule has 0 amide bonds. The Balaban J connectivity index is 2.17. The van der Waals surface area contributed by atoms with E-state index in [1.165, 1.54) is 0 Å². The van der Waals surface area contributed by atoms with E-state index in [1.807, 2.05) is 0 Å². The molecule has 2 aromatic rings. The van der Waals surface area contributed by atoms with Crippen molar-refractivity contribution in [3.63, 3.8) is 0 Å². The average Bonchev–Trinajstić information content (AvgIpc) is 2.51. The normalized spacial score (nSPS) is 10.7. The van der Waals surface area contributed by atoms with Gasteiger partial charge in [-0.2, -0.15) is 10.2 Å². The maximum Gasteiger partial charge on any atom is 0.209 e. The SMILES string of the molecule is CCCSc1nncc(-c2cnnc(SCCC)n2)n1. The Morgan fingerprint density at radius 3 is 1.65 bits per heavy atom. The van der Waals surface area contributed by atoms with Crippen LogP contribution in [0.2, 0.25) is 0 Å². The summed E-state index contributed by atoms with van der Waals surface area (Å²) in [5, 5.41) is 17.3. The minimum absolute atomic E-state index is 0.672. The van der Waals surface area contributed by atoms with Gasteiger partial charge in [-0.15, -0.1) is 10.2 Å². The zero-order valence-electron chi connectivity index (χ0n) is 11.5. The van der Waals surface area contributed by atoms with Crippen LogP contribution in [0.3, 0.4) is 0 Å². The molecule has 0 spiro atoms. The van der Waals surface area contributed by atoms with Gasteiger partial charge in [0.1, 0.15) is 11.4 Å². The molecule has 0 aromatic carbocycles.